The first-order valence-corrected chi connectivity index (χ1v) is 11.2. The van der Waals surface area contributed by atoms with Crippen LogP contribution in [0.15, 0.2) is 78.9 Å². The maximum Gasteiger partial charge on any atom is 0.410 e. The molecule has 1 aliphatic heterocycles. The van der Waals surface area contributed by atoms with Crippen molar-refractivity contribution in [2.75, 3.05) is 13.1 Å². The Hall–Kier alpha value is -2.93. The Balaban J connectivity index is 1.46. The van der Waals surface area contributed by atoms with E-state index < -0.39 is 12.2 Å². The highest BCUT2D eigenvalue weighted by molar-refractivity contribution is 6.30. The van der Waals surface area contributed by atoms with Crippen LogP contribution < -0.4 is 0 Å². The molecule has 1 amide bonds. The van der Waals surface area contributed by atoms with Crippen LogP contribution in [0.3, 0.4) is 0 Å². The number of nitrogens with zero attached hydrogens (tertiary/aromatic N) is 2. The number of aliphatic hydroxyl groups is 1. The number of aliphatic hydroxyl groups excluding tert-OH is 1. The first kappa shape index (κ1) is 23.2. The Kier molecular flexibility index (Phi) is 7.60. The lowest BCUT2D eigenvalue weighted by Gasteiger charge is -2.30. The summed E-state index contributed by atoms with van der Waals surface area (Å²) in [7, 11) is 0. The van der Waals surface area contributed by atoms with Crippen LogP contribution in [-0.2, 0) is 24.4 Å². The summed E-state index contributed by atoms with van der Waals surface area (Å²) in [6, 6.07) is 23.0. The second-order valence-electron chi connectivity index (χ2n) is 8.24. The second-order valence-corrected chi connectivity index (χ2v) is 8.68. The van der Waals surface area contributed by atoms with Gasteiger partial charge < -0.3 is 14.7 Å². The van der Waals surface area contributed by atoms with Gasteiger partial charge in [0.15, 0.2) is 0 Å². The van der Waals surface area contributed by atoms with Crippen molar-refractivity contribution in [3.8, 4) is 0 Å². The molecule has 4 rings (SSSR count). The maximum atomic E-state index is 13.4. The fraction of sp³-hybridized carbons (Fsp3) is 0.269. The van der Waals surface area contributed by atoms with E-state index in [1.807, 2.05) is 54.6 Å². The van der Waals surface area contributed by atoms with E-state index >= 15 is 0 Å². The van der Waals surface area contributed by atoms with Crippen LogP contribution >= 0.6 is 11.6 Å². The van der Waals surface area contributed by atoms with E-state index in [0.29, 0.717) is 24.7 Å². The highest BCUT2D eigenvalue weighted by Crippen LogP contribution is 2.23. The Morgan fingerprint density at radius 1 is 0.970 bits per heavy atom. The molecule has 0 aromatic heterocycles. The molecule has 7 heteroatoms. The van der Waals surface area contributed by atoms with Crippen molar-refractivity contribution in [1.29, 1.82) is 0 Å². The van der Waals surface area contributed by atoms with E-state index in [0.717, 1.165) is 16.7 Å². The molecule has 0 saturated carbocycles. The third-order valence-electron chi connectivity index (χ3n) is 5.77. The Morgan fingerprint density at radius 2 is 1.67 bits per heavy atom. The fourth-order valence-corrected chi connectivity index (χ4v) is 4.29. The lowest BCUT2D eigenvalue weighted by Crippen LogP contribution is -2.42. The van der Waals surface area contributed by atoms with Crippen LogP contribution in [0.25, 0.3) is 0 Å². The normalized spacial score (nSPS) is 18.0. The minimum atomic E-state index is -0.742. The molecule has 0 spiro atoms. The van der Waals surface area contributed by atoms with E-state index in [9.17, 15) is 14.3 Å². The van der Waals surface area contributed by atoms with Gasteiger partial charge in [-0.15, -0.1) is 0 Å². The molecule has 2 atom stereocenters. The number of carbonyl (C=O) groups excluding carboxylic acids is 1. The molecule has 1 N–H and O–H groups in total. The van der Waals surface area contributed by atoms with E-state index in [1.165, 1.54) is 17.0 Å². The van der Waals surface area contributed by atoms with Gasteiger partial charge in [0.25, 0.3) is 0 Å². The smallest absolute Gasteiger partial charge is 0.410 e. The number of rotatable bonds is 7. The summed E-state index contributed by atoms with van der Waals surface area (Å²) in [6.45, 7) is 1.71. The Morgan fingerprint density at radius 3 is 2.39 bits per heavy atom. The highest BCUT2D eigenvalue weighted by Gasteiger charge is 2.38. The average Bonchev–Trinajstić information content (AvgIpc) is 3.21. The molecule has 0 radical (unpaired) electrons. The van der Waals surface area contributed by atoms with Gasteiger partial charge in [0.1, 0.15) is 12.4 Å². The lowest BCUT2D eigenvalue weighted by molar-refractivity contribution is 0.0728. The van der Waals surface area contributed by atoms with E-state index in [-0.39, 0.29) is 25.0 Å². The summed E-state index contributed by atoms with van der Waals surface area (Å²) in [5, 5.41) is 11.5. The molecular formula is C26H26ClFN2O3. The van der Waals surface area contributed by atoms with Gasteiger partial charge in [-0.05, 0) is 41.0 Å². The van der Waals surface area contributed by atoms with Crippen LogP contribution in [0, 0.1) is 5.82 Å². The molecule has 1 aliphatic rings. The van der Waals surface area contributed by atoms with E-state index in [2.05, 4.69) is 4.90 Å². The number of hydrogen-bond acceptors (Lipinski definition) is 4. The Bertz CT molecular complexity index is 1060. The van der Waals surface area contributed by atoms with Gasteiger partial charge in [-0.2, -0.15) is 0 Å². The number of β-amino-alcohol motifs (C(OH)–C–C–N with tert-alkyl or cyclic N) is 1. The highest BCUT2D eigenvalue weighted by atomic mass is 35.5. The second kappa shape index (κ2) is 10.8. The fourth-order valence-electron chi connectivity index (χ4n) is 4.07. The summed E-state index contributed by atoms with van der Waals surface area (Å²) in [5.74, 6) is -0.298. The first-order chi connectivity index (χ1) is 16.0. The molecule has 1 heterocycles. The number of halogens is 2. The van der Waals surface area contributed by atoms with E-state index in [1.54, 1.807) is 12.1 Å². The van der Waals surface area contributed by atoms with Crippen molar-refractivity contribution in [1.82, 2.24) is 9.80 Å². The molecule has 0 aliphatic carbocycles. The molecule has 33 heavy (non-hydrogen) atoms. The molecule has 0 unspecified atom stereocenters. The number of hydrogen-bond donors (Lipinski definition) is 1. The summed E-state index contributed by atoms with van der Waals surface area (Å²) >= 11 is 6.17. The van der Waals surface area contributed by atoms with Gasteiger partial charge in [-0.25, -0.2) is 9.18 Å². The summed E-state index contributed by atoms with van der Waals surface area (Å²) in [4.78, 5) is 16.3. The monoisotopic (exact) mass is 468 g/mol. The zero-order valence-corrected chi connectivity index (χ0v) is 18.9. The molecule has 1 saturated heterocycles. The number of amides is 1. The molecule has 5 nitrogen and oxygen atoms in total. The molecule has 1 fully saturated rings. The van der Waals surface area contributed by atoms with Gasteiger partial charge in [0, 0.05) is 24.7 Å². The van der Waals surface area contributed by atoms with Gasteiger partial charge in [0.2, 0.25) is 0 Å². The summed E-state index contributed by atoms with van der Waals surface area (Å²) in [6.07, 6.45) is -1.20. The van der Waals surface area contributed by atoms with Crippen LogP contribution in [0.4, 0.5) is 9.18 Å². The van der Waals surface area contributed by atoms with Crippen molar-refractivity contribution in [3.05, 3.63) is 106 Å². The van der Waals surface area contributed by atoms with Crippen molar-refractivity contribution < 1.29 is 19.0 Å². The number of ether oxygens (including phenoxy) is 1. The predicted octanol–water partition coefficient (Wildman–Crippen LogP) is 4.86. The number of benzene rings is 3. The van der Waals surface area contributed by atoms with Crippen molar-refractivity contribution in [3.63, 3.8) is 0 Å². The largest absolute Gasteiger partial charge is 0.445 e. The first-order valence-electron chi connectivity index (χ1n) is 10.8. The van der Waals surface area contributed by atoms with Crippen LogP contribution in [0.2, 0.25) is 5.02 Å². The molecule has 0 bridgehead atoms. The van der Waals surface area contributed by atoms with Crippen molar-refractivity contribution in [2.24, 2.45) is 0 Å². The van der Waals surface area contributed by atoms with Crippen molar-refractivity contribution >= 4 is 17.7 Å². The zero-order chi connectivity index (χ0) is 23.2. The number of likely N-dealkylation sites (tertiary alicyclic amines) is 1. The van der Waals surface area contributed by atoms with Crippen LogP contribution in [0.5, 0.6) is 0 Å². The molecule has 172 valence electrons. The third-order valence-corrected chi connectivity index (χ3v) is 6.00. The molecule has 3 aromatic rings. The number of carbonyl (C=O) groups is 1. The lowest BCUT2D eigenvalue weighted by atomic mass is 10.1. The third kappa shape index (κ3) is 6.32. The quantitative estimate of drug-likeness (QED) is 0.538. The predicted molar refractivity (Wildman–Crippen MR) is 125 cm³/mol. The topological polar surface area (TPSA) is 53.0 Å². The van der Waals surface area contributed by atoms with Gasteiger partial charge in [-0.3, -0.25) is 4.90 Å². The minimum Gasteiger partial charge on any atom is -0.445 e. The van der Waals surface area contributed by atoms with Gasteiger partial charge in [0.05, 0.1) is 18.7 Å². The zero-order valence-electron chi connectivity index (χ0n) is 18.1. The summed E-state index contributed by atoms with van der Waals surface area (Å²) in [5.41, 5.74) is 2.80. The summed E-state index contributed by atoms with van der Waals surface area (Å²) < 4.78 is 18.8. The SMILES string of the molecule is O=C(OCc1ccccc1)N1C[C@@H](O)[C@H](N(Cc2ccc(F)cc2)Cc2cccc(Cl)c2)C1. The average molecular weight is 469 g/mol. The van der Waals surface area contributed by atoms with Gasteiger partial charge >= 0.3 is 6.09 Å². The standard InChI is InChI=1S/C26H26ClFN2O3/c27-22-8-4-7-21(13-22)15-29(14-19-9-11-23(28)12-10-19)24-16-30(17-25(24)31)26(32)33-18-20-5-2-1-3-6-20/h1-13,24-25,31H,14-18H2/t24-,25-/m1/s1. The van der Waals surface area contributed by atoms with Crippen LogP contribution in [-0.4, -0.2) is 46.2 Å². The maximum absolute atomic E-state index is 13.4. The minimum absolute atomic E-state index is 0.179. The molecule has 3 aromatic carbocycles. The van der Waals surface area contributed by atoms with Gasteiger partial charge in [-0.1, -0.05) is 66.2 Å². The van der Waals surface area contributed by atoms with Crippen molar-refractivity contribution in [2.45, 2.75) is 31.8 Å². The Labute approximate surface area is 198 Å². The molecular weight excluding hydrogens is 443 g/mol. The van der Waals surface area contributed by atoms with E-state index in [4.69, 9.17) is 16.3 Å². The van der Waals surface area contributed by atoms with Crippen LogP contribution in [0.1, 0.15) is 16.7 Å².